The van der Waals surface area contributed by atoms with Crippen LogP contribution in [-0.4, -0.2) is 33.5 Å². The molecule has 0 radical (unpaired) electrons. The summed E-state index contributed by atoms with van der Waals surface area (Å²) in [6, 6.07) is 2.28. The molecule has 0 saturated carbocycles. The predicted octanol–water partition coefficient (Wildman–Crippen LogP) is 0.855. The van der Waals surface area contributed by atoms with Crippen LogP contribution >= 0.6 is 11.8 Å². The quantitative estimate of drug-likeness (QED) is 0.555. The zero-order chi connectivity index (χ0) is 11.1. The minimum absolute atomic E-state index is 0.159. The van der Waals surface area contributed by atoms with Crippen molar-refractivity contribution in [3.63, 3.8) is 0 Å². The van der Waals surface area contributed by atoms with E-state index in [0.717, 1.165) is 11.6 Å². The van der Waals surface area contributed by atoms with Crippen LogP contribution in [0.2, 0.25) is 0 Å². The second-order valence-corrected chi connectivity index (χ2v) is 4.46. The third-order valence-corrected chi connectivity index (χ3v) is 2.59. The summed E-state index contributed by atoms with van der Waals surface area (Å²) in [5, 5.41) is 18.8. The molecule has 1 atom stereocenters. The average Bonchev–Trinajstić information content (AvgIpc) is 2.18. The number of nitrogens with zero attached hydrogens (tertiary/aromatic N) is 3. The van der Waals surface area contributed by atoms with Gasteiger partial charge in [-0.3, -0.25) is 10.6 Å². The molecule has 84 valence electrons. The lowest BCUT2D eigenvalue weighted by Crippen LogP contribution is -2.43. The number of hydrogen-bond donors (Lipinski definition) is 2. The Hall–Kier alpha value is -0.720. The molecule has 1 heterocycles. The molecule has 1 aromatic rings. The van der Waals surface area contributed by atoms with Gasteiger partial charge in [0.1, 0.15) is 10.5 Å². The van der Waals surface area contributed by atoms with Crippen LogP contribution in [0.4, 0.5) is 0 Å². The fourth-order valence-corrected chi connectivity index (χ4v) is 2.09. The van der Waals surface area contributed by atoms with E-state index in [-0.39, 0.29) is 5.50 Å². The molecule has 1 aromatic heterocycles. The molecule has 15 heavy (non-hydrogen) atoms. The summed E-state index contributed by atoms with van der Waals surface area (Å²) in [7, 11) is 0. The first-order chi connectivity index (χ1) is 7.22. The van der Waals surface area contributed by atoms with Crippen molar-refractivity contribution in [3.8, 4) is 0 Å². The lowest BCUT2D eigenvalue weighted by atomic mass is 10.4. The van der Waals surface area contributed by atoms with Gasteiger partial charge in [-0.05, 0) is 31.7 Å². The Bertz CT molecular complexity index is 266. The van der Waals surface area contributed by atoms with Crippen molar-refractivity contribution >= 4 is 11.8 Å². The van der Waals surface area contributed by atoms with E-state index in [9.17, 15) is 0 Å². The van der Waals surface area contributed by atoms with E-state index in [0.29, 0.717) is 6.04 Å². The van der Waals surface area contributed by atoms with E-state index < -0.39 is 0 Å². The van der Waals surface area contributed by atoms with Crippen molar-refractivity contribution < 1.29 is 0 Å². The molecular formula is C9H17N5S. The molecule has 0 aliphatic carbocycles. The number of thioether (sulfide) groups is 1. The molecule has 0 saturated heterocycles. The standard InChI is InChI=1S/C9H17N5S/c1-4-10-9(12-7(2)3)15-8-5-6-11-14-13-8/h5-7,9-10,12H,4H2,1-3H3. The Morgan fingerprint density at radius 2 is 2.27 bits per heavy atom. The predicted molar refractivity (Wildman–Crippen MR) is 61.4 cm³/mol. The fourth-order valence-electron chi connectivity index (χ4n) is 1.04. The maximum absolute atomic E-state index is 3.93. The monoisotopic (exact) mass is 227 g/mol. The van der Waals surface area contributed by atoms with E-state index in [2.05, 4.69) is 46.8 Å². The SMILES string of the molecule is CCNC(NC(C)C)Sc1ccnnn1. The summed E-state index contributed by atoms with van der Waals surface area (Å²) in [5.74, 6) is 0. The van der Waals surface area contributed by atoms with Crippen LogP contribution in [0.15, 0.2) is 17.3 Å². The van der Waals surface area contributed by atoms with Gasteiger partial charge in [-0.2, -0.15) is 0 Å². The Kier molecular flexibility index (Phi) is 5.52. The molecular weight excluding hydrogens is 210 g/mol. The van der Waals surface area contributed by atoms with Gasteiger partial charge in [0, 0.05) is 6.04 Å². The summed E-state index contributed by atoms with van der Waals surface area (Å²) in [6.45, 7) is 7.22. The van der Waals surface area contributed by atoms with Gasteiger partial charge in [-0.15, -0.1) is 10.2 Å². The maximum atomic E-state index is 3.93. The molecule has 1 rings (SSSR count). The highest BCUT2D eigenvalue weighted by atomic mass is 32.2. The van der Waals surface area contributed by atoms with E-state index in [1.165, 1.54) is 0 Å². The van der Waals surface area contributed by atoms with Crippen LogP contribution in [0.1, 0.15) is 20.8 Å². The van der Waals surface area contributed by atoms with Gasteiger partial charge in [0.15, 0.2) is 0 Å². The molecule has 0 fully saturated rings. The van der Waals surface area contributed by atoms with Gasteiger partial charge < -0.3 is 0 Å². The topological polar surface area (TPSA) is 62.7 Å². The van der Waals surface area contributed by atoms with Crippen LogP contribution in [-0.2, 0) is 0 Å². The van der Waals surface area contributed by atoms with Gasteiger partial charge in [0.2, 0.25) is 0 Å². The number of hydrogen-bond acceptors (Lipinski definition) is 6. The highest BCUT2D eigenvalue weighted by Crippen LogP contribution is 2.16. The van der Waals surface area contributed by atoms with E-state index >= 15 is 0 Å². The summed E-state index contributed by atoms with van der Waals surface area (Å²) in [4.78, 5) is 0. The minimum Gasteiger partial charge on any atom is -0.293 e. The number of rotatable bonds is 6. The smallest absolute Gasteiger partial charge is 0.125 e. The zero-order valence-electron chi connectivity index (χ0n) is 9.27. The minimum atomic E-state index is 0.159. The van der Waals surface area contributed by atoms with Crippen molar-refractivity contribution in [2.75, 3.05) is 6.54 Å². The number of aromatic nitrogens is 3. The first-order valence-electron chi connectivity index (χ1n) is 5.03. The summed E-state index contributed by atoms with van der Waals surface area (Å²) >= 11 is 1.61. The van der Waals surface area contributed by atoms with Crippen molar-refractivity contribution in [2.24, 2.45) is 0 Å². The molecule has 0 aromatic carbocycles. The highest BCUT2D eigenvalue weighted by Gasteiger charge is 2.10. The second-order valence-electron chi connectivity index (χ2n) is 3.34. The summed E-state index contributed by atoms with van der Waals surface area (Å²) < 4.78 is 0. The first kappa shape index (κ1) is 12.4. The Morgan fingerprint density at radius 3 is 2.80 bits per heavy atom. The van der Waals surface area contributed by atoms with Crippen LogP contribution in [0.5, 0.6) is 0 Å². The fraction of sp³-hybridized carbons (Fsp3) is 0.667. The van der Waals surface area contributed by atoms with Crippen molar-refractivity contribution in [1.29, 1.82) is 0 Å². The average molecular weight is 227 g/mol. The van der Waals surface area contributed by atoms with Gasteiger partial charge in [0.05, 0.1) is 6.20 Å². The molecule has 2 N–H and O–H groups in total. The van der Waals surface area contributed by atoms with Gasteiger partial charge in [-0.1, -0.05) is 18.7 Å². The van der Waals surface area contributed by atoms with Crippen LogP contribution in [0.25, 0.3) is 0 Å². The largest absolute Gasteiger partial charge is 0.293 e. The van der Waals surface area contributed by atoms with Crippen molar-refractivity contribution in [2.45, 2.75) is 37.3 Å². The Labute approximate surface area is 94.4 Å². The van der Waals surface area contributed by atoms with Gasteiger partial charge in [-0.25, -0.2) is 0 Å². The maximum Gasteiger partial charge on any atom is 0.125 e. The Balaban J connectivity index is 2.50. The zero-order valence-corrected chi connectivity index (χ0v) is 10.1. The Morgan fingerprint density at radius 1 is 1.47 bits per heavy atom. The normalized spacial score (nSPS) is 13.1. The van der Waals surface area contributed by atoms with Crippen LogP contribution < -0.4 is 10.6 Å². The lowest BCUT2D eigenvalue weighted by Gasteiger charge is -2.20. The molecule has 0 bridgehead atoms. The van der Waals surface area contributed by atoms with E-state index in [1.54, 1.807) is 18.0 Å². The first-order valence-corrected chi connectivity index (χ1v) is 5.90. The molecule has 0 aliphatic heterocycles. The molecule has 5 nitrogen and oxygen atoms in total. The van der Waals surface area contributed by atoms with Crippen molar-refractivity contribution in [1.82, 2.24) is 26.0 Å². The van der Waals surface area contributed by atoms with Gasteiger partial charge in [0.25, 0.3) is 0 Å². The van der Waals surface area contributed by atoms with Crippen molar-refractivity contribution in [3.05, 3.63) is 12.3 Å². The highest BCUT2D eigenvalue weighted by molar-refractivity contribution is 7.99. The second kappa shape index (κ2) is 6.71. The molecule has 0 spiro atoms. The third kappa shape index (κ3) is 5.06. The molecule has 1 unspecified atom stereocenters. The number of nitrogens with one attached hydrogen (secondary N) is 2. The molecule has 0 aliphatic rings. The summed E-state index contributed by atoms with van der Waals surface area (Å²) in [6.07, 6.45) is 1.65. The lowest BCUT2D eigenvalue weighted by molar-refractivity contribution is 0.502. The molecule has 0 amide bonds. The molecule has 6 heteroatoms. The van der Waals surface area contributed by atoms with Crippen LogP contribution in [0, 0.1) is 0 Å². The van der Waals surface area contributed by atoms with E-state index in [1.807, 2.05) is 6.07 Å². The van der Waals surface area contributed by atoms with Gasteiger partial charge >= 0.3 is 0 Å². The summed E-state index contributed by atoms with van der Waals surface area (Å²) in [5.41, 5.74) is 0.159. The third-order valence-electron chi connectivity index (χ3n) is 1.59. The van der Waals surface area contributed by atoms with E-state index in [4.69, 9.17) is 0 Å². The van der Waals surface area contributed by atoms with Crippen LogP contribution in [0.3, 0.4) is 0 Å².